The molecule has 2 aromatic carbocycles. The lowest BCUT2D eigenvalue weighted by molar-refractivity contribution is -0.173. The highest BCUT2D eigenvalue weighted by molar-refractivity contribution is 6.30. The number of unbranched alkanes of at least 4 members (excludes halogenated alkanes) is 1. The van der Waals surface area contributed by atoms with Crippen LogP contribution in [0.5, 0.6) is 0 Å². The lowest BCUT2D eigenvalue weighted by atomic mass is 10.1. The van der Waals surface area contributed by atoms with Crippen molar-refractivity contribution < 1.29 is 22.8 Å². The number of carbonyl (C=O) groups is 2. The molecule has 0 unspecified atom stereocenters. The molecule has 7 nitrogen and oxygen atoms in total. The van der Waals surface area contributed by atoms with Crippen molar-refractivity contribution in [1.82, 2.24) is 15.1 Å². The molecular weight excluding hydrogens is 483 g/mol. The summed E-state index contributed by atoms with van der Waals surface area (Å²) in [5.41, 5.74) is 2.62. The summed E-state index contributed by atoms with van der Waals surface area (Å²) in [6, 6.07) is 15.0. The van der Waals surface area contributed by atoms with E-state index in [1.54, 1.807) is 59.3 Å². The minimum atomic E-state index is -4.92. The Bertz CT molecular complexity index is 1180. The molecule has 0 radical (unpaired) electrons. The summed E-state index contributed by atoms with van der Waals surface area (Å²) < 4.78 is 38.7. The monoisotopic (exact) mass is 507 g/mol. The number of rotatable bonds is 9. The number of halogens is 4. The summed E-state index contributed by atoms with van der Waals surface area (Å²) in [7, 11) is 0. The van der Waals surface area contributed by atoms with Crippen molar-refractivity contribution in [3.63, 3.8) is 0 Å². The maximum absolute atomic E-state index is 12.6. The quantitative estimate of drug-likeness (QED) is 0.345. The van der Waals surface area contributed by atoms with Crippen LogP contribution in [0.15, 0.2) is 54.6 Å². The van der Waals surface area contributed by atoms with Gasteiger partial charge in [-0.2, -0.15) is 18.3 Å². The third-order valence-corrected chi connectivity index (χ3v) is 5.22. The molecular formula is C24H25ClF3N5O2. The Labute approximate surface area is 205 Å². The lowest BCUT2D eigenvalue weighted by Crippen LogP contribution is -2.37. The summed E-state index contributed by atoms with van der Waals surface area (Å²) in [5.74, 6) is -1.54. The van der Waals surface area contributed by atoms with Crippen LogP contribution in [-0.4, -0.2) is 34.4 Å². The van der Waals surface area contributed by atoms with Crippen LogP contribution in [0, 0.1) is 0 Å². The van der Waals surface area contributed by atoms with Gasteiger partial charge >= 0.3 is 18.1 Å². The van der Waals surface area contributed by atoms with Crippen molar-refractivity contribution in [2.24, 2.45) is 0 Å². The average molecular weight is 508 g/mol. The molecule has 3 N–H and O–H groups in total. The van der Waals surface area contributed by atoms with Gasteiger partial charge in [0.1, 0.15) is 5.82 Å². The second kappa shape index (κ2) is 11.7. The SMILES string of the molecule is CCCCc1cc(NC(=O)Nc2cccc(Cl)c2)n(-c2cccc(CCNC(=O)C(F)(F)F)c2)n1. The number of hydrogen-bond acceptors (Lipinski definition) is 3. The average Bonchev–Trinajstić information content (AvgIpc) is 3.19. The van der Waals surface area contributed by atoms with Crippen LogP contribution >= 0.6 is 11.6 Å². The summed E-state index contributed by atoms with van der Waals surface area (Å²) in [4.78, 5) is 23.6. The van der Waals surface area contributed by atoms with Gasteiger partial charge in [0.05, 0.1) is 11.4 Å². The van der Waals surface area contributed by atoms with E-state index in [2.05, 4.69) is 22.7 Å². The molecule has 0 aliphatic rings. The number of aromatic nitrogens is 2. The molecule has 3 amide bonds. The molecule has 1 heterocycles. The zero-order valence-electron chi connectivity index (χ0n) is 19.0. The Kier molecular flexibility index (Phi) is 8.75. The molecule has 1 aromatic heterocycles. The minimum Gasteiger partial charge on any atom is -0.348 e. The molecule has 11 heteroatoms. The number of anilines is 2. The largest absolute Gasteiger partial charge is 0.471 e. The molecule has 186 valence electrons. The van der Waals surface area contributed by atoms with Crippen LogP contribution in [-0.2, 0) is 17.6 Å². The van der Waals surface area contributed by atoms with Crippen molar-refractivity contribution in [3.05, 3.63) is 70.9 Å². The summed E-state index contributed by atoms with van der Waals surface area (Å²) >= 11 is 5.97. The first-order valence-corrected chi connectivity index (χ1v) is 11.4. The maximum atomic E-state index is 12.6. The highest BCUT2D eigenvalue weighted by Crippen LogP contribution is 2.21. The van der Waals surface area contributed by atoms with Gasteiger partial charge in [0.15, 0.2) is 0 Å². The molecule has 35 heavy (non-hydrogen) atoms. The van der Waals surface area contributed by atoms with Gasteiger partial charge in [0.2, 0.25) is 0 Å². The van der Waals surface area contributed by atoms with Gasteiger partial charge in [0.25, 0.3) is 0 Å². The van der Waals surface area contributed by atoms with E-state index in [1.807, 2.05) is 5.32 Å². The summed E-state index contributed by atoms with van der Waals surface area (Å²) in [6.07, 6.45) is -2.11. The first-order valence-electron chi connectivity index (χ1n) is 11.0. The smallest absolute Gasteiger partial charge is 0.348 e. The van der Waals surface area contributed by atoms with Gasteiger partial charge in [0, 0.05) is 23.3 Å². The van der Waals surface area contributed by atoms with E-state index >= 15 is 0 Å². The predicted molar refractivity (Wildman–Crippen MR) is 129 cm³/mol. The molecule has 3 rings (SSSR count). The van der Waals surface area contributed by atoms with Crippen LogP contribution in [0.25, 0.3) is 5.69 Å². The van der Waals surface area contributed by atoms with Gasteiger partial charge in [-0.3, -0.25) is 10.1 Å². The van der Waals surface area contributed by atoms with E-state index < -0.39 is 18.1 Å². The van der Waals surface area contributed by atoms with Crippen molar-refractivity contribution >= 4 is 35.0 Å². The highest BCUT2D eigenvalue weighted by Gasteiger charge is 2.38. The molecule has 0 spiro atoms. The van der Waals surface area contributed by atoms with E-state index in [1.165, 1.54) is 0 Å². The van der Waals surface area contributed by atoms with Crippen LogP contribution < -0.4 is 16.0 Å². The second-order valence-electron chi connectivity index (χ2n) is 7.80. The zero-order chi connectivity index (χ0) is 25.4. The van der Waals surface area contributed by atoms with Crippen molar-refractivity contribution in [2.45, 2.75) is 38.8 Å². The molecule has 0 fully saturated rings. The Balaban J connectivity index is 1.77. The molecule has 0 atom stereocenters. The van der Waals surface area contributed by atoms with E-state index in [-0.39, 0.29) is 13.0 Å². The van der Waals surface area contributed by atoms with Gasteiger partial charge in [-0.1, -0.05) is 43.1 Å². The van der Waals surface area contributed by atoms with Gasteiger partial charge in [-0.05, 0) is 55.2 Å². The number of nitrogens with one attached hydrogen (secondary N) is 3. The van der Waals surface area contributed by atoms with E-state index in [0.29, 0.717) is 27.8 Å². The number of aryl methyl sites for hydroxylation is 1. The van der Waals surface area contributed by atoms with Crippen LogP contribution in [0.1, 0.15) is 31.0 Å². The van der Waals surface area contributed by atoms with Crippen LogP contribution in [0.2, 0.25) is 5.02 Å². The first kappa shape index (κ1) is 26.1. The Morgan fingerprint density at radius 1 is 1.03 bits per heavy atom. The molecule has 0 aliphatic heterocycles. The maximum Gasteiger partial charge on any atom is 0.471 e. The fourth-order valence-electron chi connectivity index (χ4n) is 3.31. The zero-order valence-corrected chi connectivity index (χ0v) is 19.7. The number of nitrogens with zero attached hydrogens (tertiary/aromatic N) is 2. The van der Waals surface area contributed by atoms with E-state index in [4.69, 9.17) is 11.6 Å². The fourth-order valence-corrected chi connectivity index (χ4v) is 3.50. The van der Waals surface area contributed by atoms with Gasteiger partial charge < -0.3 is 10.6 Å². The minimum absolute atomic E-state index is 0.171. The third-order valence-electron chi connectivity index (χ3n) is 4.98. The van der Waals surface area contributed by atoms with E-state index in [9.17, 15) is 22.8 Å². The second-order valence-corrected chi connectivity index (χ2v) is 8.24. The Hall–Kier alpha value is -3.53. The lowest BCUT2D eigenvalue weighted by Gasteiger charge is -2.12. The third kappa shape index (κ3) is 7.74. The normalized spacial score (nSPS) is 11.2. The predicted octanol–water partition coefficient (Wildman–Crippen LogP) is 5.73. The molecule has 3 aromatic rings. The fraction of sp³-hybridized carbons (Fsp3) is 0.292. The van der Waals surface area contributed by atoms with Crippen LogP contribution in [0.3, 0.4) is 0 Å². The van der Waals surface area contributed by atoms with Gasteiger partial charge in [-0.25, -0.2) is 9.48 Å². The standard InChI is InChI=1S/C24H25ClF3N5O2/c1-2-3-8-19-15-21(31-23(35)30-18-9-5-7-17(25)14-18)33(32-19)20-10-4-6-16(13-20)11-12-29-22(34)24(26,27)28/h4-7,9-10,13-15H,2-3,8,11-12H2,1H3,(H,29,34)(H2,30,31,35). The molecule has 0 saturated carbocycles. The van der Waals surface area contributed by atoms with E-state index in [0.717, 1.165) is 25.0 Å². The summed E-state index contributed by atoms with van der Waals surface area (Å²) in [6.45, 7) is 1.89. The van der Waals surface area contributed by atoms with Crippen molar-refractivity contribution in [1.29, 1.82) is 0 Å². The van der Waals surface area contributed by atoms with Gasteiger partial charge in [-0.15, -0.1) is 0 Å². The molecule has 0 saturated heterocycles. The number of benzene rings is 2. The first-order chi connectivity index (χ1) is 16.7. The van der Waals surface area contributed by atoms with Crippen molar-refractivity contribution in [3.8, 4) is 5.69 Å². The number of hydrogen-bond donors (Lipinski definition) is 3. The van der Waals surface area contributed by atoms with Crippen molar-refractivity contribution in [2.75, 3.05) is 17.2 Å². The number of alkyl halides is 3. The number of amides is 3. The number of carbonyl (C=O) groups excluding carboxylic acids is 2. The number of urea groups is 1. The Morgan fingerprint density at radius 3 is 2.51 bits per heavy atom. The Morgan fingerprint density at radius 2 is 1.80 bits per heavy atom. The topological polar surface area (TPSA) is 88.0 Å². The highest BCUT2D eigenvalue weighted by atomic mass is 35.5. The molecule has 0 bridgehead atoms. The molecule has 0 aliphatic carbocycles. The summed E-state index contributed by atoms with van der Waals surface area (Å²) in [5, 5.41) is 12.5. The van der Waals surface area contributed by atoms with Crippen LogP contribution in [0.4, 0.5) is 29.5 Å².